The Morgan fingerprint density at radius 3 is 2.86 bits per heavy atom. The van der Waals surface area contributed by atoms with Crippen LogP contribution in [0, 0.1) is 5.41 Å². The van der Waals surface area contributed by atoms with E-state index in [0.29, 0.717) is 25.6 Å². The second-order valence-electron chi connectivity index (χ2n) is 6.75. The van der Waals surface area contributed by atoms with Gasteiger partial charge in [0, 0.05) is 32.2 Å². The van der Waals surface area contributed by atoms with Gasteiger partial charge in [0.1, 0.15) is 0 Å². The number of rotatable bonds is 5. The Labute approximate surface area is 126 Å². The summed E-state index contributed by atoms with van der Waals surface area (Å²) in [4.78, 5) is 27.1. The highest BCUT2D eigenvalue weighted by Crippen LogP contribution is 2.46. The summed E-state index contributed by atoms with van der Waals surface area (Å²) in [6.45, 7) is 1.15. The number of hydrogen-bond donors (Lipinski definition) is 1. The van der Waals surface area contributed by atoms with Crippen LogP contribution in [0.5, 0.6) is 0 Å². The molecule has 3 aliphatic rings. The van der Waals surface area contributed by atoms with Crippen molar-refractivity contribution >= 4 is 11.8 Å². The lowest BCUT2D eigenvalue weighted by molar-refractivity contribution is -0.156. The predicted molar refractivity (Wildman–Crippen MR) is 78.7 cm³/mol. The first kappa shape index (κ1) is 14.8. The molecule has 0 aromatic heterocycles. The molecular formula is C16H26N2O3. The molecule has 1 aliphatic heterocycles. The van der Waals surface area contributed by atoms with Gasteiger partial charge in [-0.15, -0.1) is 0 Å². The molecule has 2 atom stereocenters. The number of methoxy groups -OCH3 is 1. The van der Waals surface area contributed by atoms with Crippen LogP contribution in [0.2, 0.25) is 0 Å². The maximum atomic E-state index is 12.9. The SMILES string of the molecule is COCCN1C(=O)CC[C@]2(C(=O)NC3CC3)CCCC[C@@H]12. The molecule has 3 fully saturated rings. The Kier molecular flexibility index (Phi) is 4.20. The zero-order valence-electron chi connectivity index (χ0n) is 12.9. The summed E-state index contributed by atoms with van der Waals surface area (Å²) < 4.78 is 5.15. The summed E-state index contributed by atoms with van der Waals surface area (Å²) in [5.74, 6) is 0.387. The fourth-order valence-electron chi connectivity index (χ4n) is 4.02. The topological polar surface area (TPSA) is 58.6 Å². The Hall–Kier alpha value is -1.10. The first-order valence-corrected chi connectivity index (χ1v) is 8.27. The van der Waals surface area contributed by atoms with Crippen molar-refractivity contribution in [2.24, 2.45) is 5.41 Å². The summed E-state index contributed by atoms with van der Waals surface area (Å²) in [6, 6.07) is 0.459. The van der Waals surface area contributed by atoms with Gasteiger partial charge in [0.05, 0.1) is 12.0 Å². The first-order valence-electron chi connectivity index (χ1n) is 8.27. The zero-order chi connectivity index (χ0) is 14.9. The van der Waals surface area contributed by atoms with Crippen LogP contribution in [0.1, 0.15) is 51.4 Å². The average molecular weight is 294 g/mol. The van der Waals surface area contributed by atoms with Gasteiger partial charge in [0.2, 0.25) is 11.8 Å². The van der Waals surface area contributed by atoms with Crippen molar-refractivity contribution in [3.05, 3.63) is 0 Å². The van der Waals surface area contributed by atoms with Crippen LogP contribution in [0.15, 0.2) is 0 Å². The lowest BCUT2D eigenvalue weighted by Gasteiger charge is -2.51. The van der Waals surface area contributed by atoms with Crippen molar-refractivity contribution in [1.82, 2.24) is 10.2 Å². The van der Waals surface area contributed by atoms with Crippen molar-refractivity contribution in [2.45, 2.75) is 63.5 Å². The molecule has 2 saturated carbocycles. The fourth-order valence-corrected chi connectivity index (χ4v) is 4.02. The van der Waals surface area contributed by atoms with E-state index in [4.69, 9.17) is 4.74 Å². The maximum Gasteiger partial charge on any atom is 0.228 e. The lowest BCUT2D eigenvalue weighted by Crippen LogP contribution is -2.62. The standard InChI is InChI=1S/C16H26N2O3/c1-21-11-10-18-13-4-2-3-8-16(13,9-7-14(18)19)15(20)17-12-5-6-12/h12-13H,2-11H2,1H3,(H,17,20)/t13-,16-/m1/s1. The van der Waals surface area contributed by atoms with Gasteiger partial charge in [0.15, 0.2) is 0 Å². The molecule has 21 heavy (non-hydrogen) atoms. The Balaban J connectivity index is 1.80. The highest BCUT2D eigenvalue weighted by atomic mass is 16.5. The third-order valence-electron chi connectivity index (χ3n) is 5.37. The second-order valence-corrected chi connectivity index (χ2v) is 6.75. The average Bonchev–Trinajstić information content (AvgIpc) is 3.30. The third kappa shape index (κ3) is 2.80. The van der Waals surface area contributed by atoms with Gasteiger partial charge in [-0.1, -0.05) is 12.8 Å². The number of nitrogens with one attached hydrogen (secondary N) is 1. The summed E-state index contributed by atoms with van der Waals surface area (Å²) in [6.07, 6.45) is 7.52. The van der Waals surface area contributed by atoms with E-state index in [1.165, 1.54) is 0 Å². The van der Waals surface area contributed by atoms with Gasteiger partial charge in [-0.3, -0.25) is 9.59 Å². The molecule has 0 bridgehead atoms. The minimum atomic E-state index is -0.345. The molecule has 0 spiro atoms. The molecule has 0 unspecified atom stereocenters. The van der Waals surface area contributed by atoms with E-state index in [1.54, 1.807) is 7.11 Å². The molecular weight excluding hydrogens is 268 g/mol. The number of piperidine rings is 1. The van der Waals surface area contributed by atoms with Crippen LogP contribution < -0.4 is 5.32 Å². The van der Waals surface area contributed by atoms with Gasteiger partial charge in [-0.25, -0.2) is 0 Å². The fraction of sp³-hybridized carbons (Fsp3) is 0.875. The van der Waals surface area contributed by atoms with E-state index in [0.717, 1.165) is 44.9 Å². The number of amides is 2. The number of carbonyl (C=O) groups excluding carboxylic acids is 2. The van der Waals surface area contributed by atoms with Gasteiger partial charge >= 0.3 is 0 Å². The van der Waals surface area contributed by atoms with Crippen molar-refractivity contribution < 1.29 is 14.3 Å². The van der Waals surface area contributed by atoms with Crippen LogP contribution >= 0.6 is 0 Å². The minimum Gasteiger partial charge on any atom is -0.383 e. The quantitative estimate of drug-likeness (QED) is 0.835. The Bertz CT molecular complexity index is 422. The van der Waals surface area contributed by atoms with E-state index in [-0.39, 0.29) is 23.3 Å². The van der Waals surface area contributed by atoms with E-state index in [9.17, 15) is 9.59 Å². The van der Waals surface area contributed by atoms with Gasteiger partial charge in [0.25, 0.3) is 0 Å². The lowest BCUT2D eigenvalue weighted by atomic mass is 9.64. The summed E-state index contributed by atoms with van der Waals surface area (Å²) in [5, 5.41) is 3.20. The van der Waals surface area contributed by atoms with E-state index < -0.39 is 0 Å². The molecule has 2 amide bonds. The van der Waals surface area contributed by atoms with Crippen molar-refractivity contribution in [3.63, 3.8) is 0 Å². The molecule has 3 rings (SSSR count). The molecule has 0 aromatic rings. The first-order chi connectivity index (χ1) is 10.2. The van der Waals surface area contributed by atoms with Crippen LogP contribution in [0.25, 0.3) is 0 Å². The van der Waals surface area contributed by atoms with Gasteiger partial charge in [-0.2, -0.15) is 0 Å². The van der Waals surface area contributed by atoms with Gasteiger partial charge in [-0.05, 0) is 32.1 Å². The molecule has 5 heteroatoms. The maximum absolute atomic E-state index is 12.9. The van der Waals surface area contributed by atoms with Crippen molar-refractivity contribution in [1.29, 1.82) is 0 Å². The van der Waals surface area contributed by atoms with E-state index in [2.05, 4.69) is 5.32 Å². The smallest absolute Gasteiger partial charge is 0.228 e. The summed E-state index contributed by atoms with van der Waals surface area (Å²) >= 11 is 0. The third-order valence-corrected chi connectivity index (χ3v) is 5.37. The second kappa shape index (κ2) is 5.95. The monoisotopic (exact) mass is 294 g/mol. The van der Waals surface area contributed by atoms with E-state index >= 15 is 0 Å². The molecule has 1 N–H and O–H groups in total. The van der Waals surface area contributed by atoms with Crippen LogP contribution in [0.4, 0.5) is 0 Å². The molecule has 0 radical (unpaired) electrons. The van der Waals surface area contributed by atoms with Crippen LogP contribution in [-0.4, -0.2) is 49.1 Å². The number of fused-ring (bicyclic) bond motifs is 1. The highest BCUT2D eigenvalue weighted by Gasteiger charge is 2.53. The van der Waals surface area contributed by atoms with E-state index in [1.807, 2.05) is 4.90 Å². The van der Waals surface area contributed by atoms with Gasteiger partial charge < -0.3 is 15.0 Å². The number of nitrogens with zero attached hydrogens (tertiary/aromatic N) is 1. The highest BCUT2D eigenvalue weighted by molar-refractivity contribution is 5.88. The molecule has 118 valence electrons. The number of ether oxygens (including phenoxy) is 1. The predicted octanol–water partition coefficient (Wildman–Crippen LogP) is 1.46. The zero-order valence-corrected chi connectivity index (χ0v) is 12.9. The number of hydrogen-bond acceptors (Lipinski definition) is 3. The summed E-state index contributed by atoms with van der Waals surface area (Å²) in [5.41, 5.74) is -0.345. The molecule has 0 aromatic carbocycles. The largest absolute Gasteiger partial charge is 0.383 e. The van der Waals surface area contributed by atoms with Crippen LogP contribution in [0.3, 0.4) is 0 Å². The van der Waals surface area contributed by atoms with Crippen molar-refractivity contribution in [3.8, 4) is 0 Å². The Morgan fingerprint density at radius 1 is 1.33 bits per heavy atom. The number of carbonyl (C=O) groups is 2. The van der Waals surface area contributed by atoms with Crippen molar-refractivity contribution in [2.75, 3.05) is 20.3 Å². The summed E-state index contributed by atoms with van der Waals surface area (Å²) in [7, 11) is 1.66. The molecule has 5 nitrogen and oxygen atoms in total. The number of likely N-dealkylation sites (tertiary alicyclic amines) is 1. The van der Waals surface area contributed by atoms with Crippen LogP contribution in [-0.2, 0) is 14.3 Å². The molecule has 1 saturated heterocycles. The molecule has 1 heterocycles. The normalized spacial score (nSPS) is 32.7. The molecule has 2 aliphatic carbocycles. The Morgan fingerprint density at radius 2 is 2.14 bits per heavy atom. The minimum absolute atomic E-state index is 0.0707.